The van der Waals surface area contributed by atoms with Crippen LogP contribution in [0.4, 0.5) is 11.4 Å². The van der Waals surface area contributed by atoms with Gasteiger partial charge in [-0.2, -0.15) is 10.1 Å². The molecule has 0 unspecified atom stereocenters. The minimum Gasteiger partial charge on any atom is -0.492 e. The maximum atomic E-state index is 11.5. The van der Waals surface area contributed by atoms with Crippen molar-refractivity contribution < 1.29 is 14.4 Å². The first-order valence-electron chi connectivity index (χ1n) is 10.4. The Balaban J connectivity index is 1.48. The molecule has 0 saturated carbocycles. The molecule has 2 aromatic carbocycles. The zero-order valence-electron chi connectivity index (χ0n) is 17.3. The van der Waals surface area contributed by atoms with Crippen molar-refractivity contribution in [3.05, 3.63) is 77.1 Å². The predicted molar refractivity (Wildman–Crippen MR) is 119 cm³/mol. The van der Waals surface area contributed by atoms with Crippen LogP contribution in [0.2, 0.25) is 0 Å². The summed E-state index contributed by atoms with van der Waals surface area (Å²) in [6, 6.07) is 16.3. The van der Waals surface area contributed by atoms with Crippen molar-refractivity contribution in [1.29, 1.82) is 0 Å². The van der Waals surface area contributed by atoms with Gasteiger partial charge in [0.25, 0.3) is 5.69 Å². The standard InChI is InChI=1S/C23H21N5O4/c29-28(30)21-8-2-1-7-20(21)26-10-4-13-32-22-9-11-27-23(25-22)19(16-24-27)17-5-3-6-18(15-17)31-14-12-26/h1-3,5-9,11,15-16H,4,10,12-14H2. The molecular formula is C23H21N5O4. The van der Waals surface area contributed by atoms with Crippen LogP contribution in [0.3, 0.4) is 0 Å². The molecule has 32 heavy (non-hydrogen) atoms. The molecule has 0 saturated heterocycles. The molecule has 1 aliphatic rings. The first kappa shape index (κ1) is 19.8. The predicted octanol–water partition coefficient (Wildman–Crippen LogP) is 3.97. The molecule has 9 nitrogen and oxygen atoms in total. The SMILES string of the molecule is O=[N+]([O-])c1ccccc1N1CCCOc2ccn3ncc(c3n2)-c2cccc(c2)OCC1. The molecule has 5 rings (SSSR count). The number of hydrogen-bond donors (Lipinski definition) is 0. The van der Waals surface area contributed by atoms with E-state index in [0.717, 1.165) is 11.1 Å². The minimum atomic E-state index is -0.353. The van der Waals surface area contributed by atoms with Crippen molar-refractivity contribution in [2.45, 2.75) is 6.42 Å². The van der Waals surface area contributed by atoms with E-state index in [1.807, 2.05) is 35.4 Å². The van der Waals surface area contributed by atoms with Crippen LogP contribution in [0.25, 0.3) is 16.8 Å². The highest BCUT2D eigenvalue weighted by Gasteiger charge is 2.19. The third-order valence-corrected chi connectivity index (χ3v) is 5.36. The van der Waals surface area contributed by atoms with E-state index in [9.17, 15) is 10.1 Å². The van der Waals surface area contributed by atoms with Crippen LogP contribution in [0.1, 0.15) is 6.42 Å². The number of fused-ring (bicyclic) bond motifs is 4. The lowest BCUT2D eigenvalue weighted by Gasteiger charge is -2.24. The summed E-state index contributed by atoms with van der Waals surface area (Å²) in [4.78, 5) is 17.8. The van der Waals surface area contributed by atoms with Gasteiger partial charge in [-0.25, -0.2) is 4.52 Å². The Labute approximate surface area is 184 Å². The summed E-state index contributed by atoms with van der Waals surface area (Å²) in [6.45, 7) is 1.89. The van der Waals surface area contributed by atoms with Crippen LogP contribution in [0.15, 0.2) is 67.0 Å². The van der Waals surface area contributed by atoms with E-state index in [2.05, 4.69) is 10.1 Å². The van der Waals surface area contributed by atoms with Gasteiger partial charge in [0.2, 0.25) is 5.88 Å². The van der Waals surface area contributed by atoms with Gasteiger partial charge in [-0.05, 0) is 30.2 Å². The van der Waals surface area contributed by atoms with Crippen molar-refractivity contribution in [2.24, 2.45) is 0 Å². The molecular weight excluding hydrogens is 410 g/mol. The van der Waals surface area contributed by atoms with Crippen molar-refractivity contribution >= 4 is 17.0 Å². The summed E-state index contributed by atoms with van der Waals surface area (Å²) in [5.74, 6) is 1.23. The zero-order valence-corrected chi connectivity index (χ0v) is 17.3. The van der Waals surface area contributed by atoms with E-state index in [1.54, 1.807) is 35.0 Å². The van der Waals surface area contributed by atoms with Gasteiger partial charge in [0.15, 0.2) is 5.65 Å². The molecule has 4 aromatic rings. The zero-order chi connectivity index (χ0) is 21.9. The van der Waals surface area contributed by atoms with Crippen LogP contribution >= 0.6 is 0 Å². The summed E-state index contributed by atoms with van der Waals surface area (Å²) in [7, 11) is 0. The molecule has 0 amide bonds. The monoisotopic (exact) mass is 431 g/mol. The molecule has 0 N–H and O–H groups in total. The maximum absolute atomic E-state index is 11.5. The molecule has 2 aromatic heterocycles. The molecule has 0 atom stereocenters. The highest BCUT2D eigenvalue weighted by Crippen LogP contribution is 2.29. The molecule has 162 valence electrons. The highest BCUT2D eigenvalue weighted by atomic mass is 16.6. The minimum absolute atomic E-state index is 0.0768. The van der Waals surface area contributed by atoms with Crippen molar-refractivity contribution in [3.8, 4) is 22.8 Å². The summed E-state index contributed by atoms with van der Waals surface area (Å²) in [5, 5.41) is 15.9. The quantitative estimate of drug-likeness (QED) is 0.350. The topological polar surface area (TPSA) is 95.0 Å². The lowest BCUT2D eigenvalue weighted by Crippen LogP contribution is -2.31. The fourth-order valence-electron chi connectivity index (χ4n) is 3.83. The fraction of sp³-hybridized carbons (Fsp3) is 0.217. The molecule has 0 radical (unpaired) electrons. The largest absolute Gasteiger partial charge is 0.492 e. The van der Waals surface area contributed by atoms with E-state index < -0.39 is 0 Å². The number of nitrogens with zero attached hydrogens (tertiary/aromatic N) is 5. The number of hydrogen-bond acceptors (Lipinski definition) is 7. The van der Waals surface area contributed by atoms with Gasteiger partial charge in [0, 0.05) is 30.4 Å². The number of ether oxygens (including phenoxy) is 2. The number of para-hydroxylation sites is 2. The number of rotatable bonds is 2. The van der Waals surface area contributed by atoms with E-state index in [4.69, 9.17) is 9.47 Å². The van der Waals surface area contributed by atoms with Gasteiger partial charge in [-0.15, -0.1) is 0 Å². The second-order valence-corrected chi connectivity index (χ2v) is 7.40. The third-order valence-electron chi connectivity index (χ3n) is 5.36. The first-order chi connectivity index (χ1) is 15.7. The van der Waals surface area contributed by atoms with Gasteiger partial charge in [-0.1, -0.05) is 24.3 Å². The Morgan fingerprint density at radius 3 is 2.81 bits per heavy atom. The molecule has 0 spiro atoms. The fourth-order valence-corrected chi connectivity index (χ4v) is 3.83. The normalized spacial score (nSPS) is 14.3. The molecule has 0 aliphatic carbocycles. The summed E-state index contributed by atoms with van der Waals surface area (Å²) in [6.07, 6.45) is 4.26. The molecule has 9 heteroatoms. The number of nitro groups is 1. The van der Waals surface area contributed by atoms with Crippen molar-refractivity contribution in [1.82, 2.24) is 14.6 Å². The number of anilines is 1. The molecule has 1 aliphatic heterocycles. The maximum Gasteiger partial charge on any atom is 0.292 e. The molecule has 4 bridgehead atoms. The number of aromatic nitrogens is 3. The van der Waals surface area contributed by atoms with Crippen molar-refractivity contribution in [3.63, 3.8) is 0 Å². The molecule has 0 fully saturated rings. The van der Waals surface area contributed by atoms with Crippen LogP contribution < -0.4 is 14.4 Å². The Morgan fingerprint density at radius 2 is 1.91 bits per heavy atom. The van der Waals surface area contributed by atoms with E-state index >= 15 is 0 Å². The van der Waals surface area contributed by atoms with Crippen LogP contribution in [-0.4, -0.2) is 45.8 Å². The summed E-state index contributed by atoms with van der Waals surface area (Å²) >= 11 is 0. The van der Waals surface area contributed by atoms with Gasteiger partial charge in [0.05, 0.1) is 24.3 Å². The van der Waals surface area contributed by atoms with Crippen molar-refractivity contribution in [2.75, 3.05) is 31.2 Å². The van der Waals surface area contributed by atoms with Gasteiger partial charge in [-0.3, -0.25) is 10.1 Å². The lowest BCUT2D eigenvalue weighted by molar-refractivity contribution is -0.384. The third kappa shape index (κ3) is 3.92. The van der Waals surface area contributed by atoms with Crippen LogP contribution in [-0.2, 0) is 0 Å². The van der Waals surface area contributed by atoms with E-state index in [0.29, 0.717) is 55.7 Å². The van der Waals surface area contributed by atoms with Crippen LogP contribution in [0.5, 0.6) is 11.6 Å². The number of benzene rings is 2. The number of nitro benzene ring substituents is 1. The Kier molecular flexibility index (Phi) is 5.29. The Bertz CT molecular complexity index is 1270. The Hall–Kier alpha value is -4.14. The van der Waals surface area contributed by atoms with Crippen LogP contribution in [0, 0.1) is 10.1 Å². The van der Waals surface area contributed by atoms with E-state index in [1.165, 1.54) is 6.07 Å². The van der Waals surface area contributed by atoms with Gasteiger partial charge < -0.3 is 14.4 Å². The second kappa shape index (κ2) is 8.54. The smallest absolute Gasteiger partial charge is 0.292 e. The average molecular weight is 431 g/mol. The second-order valence-electron chi connectivity index (χ2n) is 7.40. The van der Waals surface area contributed by atoms with Gasteiger partial charge in [0.1, 0.15) is 18.0 Å². The highest BCUT2D eigenvalue weighted by molar-refractivity contribution is 5.77. The summed E-state index contributed by atoms with van der Waals surface area (Å²) in [5.41, 5.74) is 3.18. The molecule has 3 heterocycles. The first-order valence-corrected chi connectivity index (χ1v) is 10.4. The summed E-state index contributed by atoms with van der Waals surface area (Å²) < 4.78 is 13.6. The average Bonchev–Trinajstić information content (AvgIpc) is 3.23. The Morgan fingerprint density at radius 1 is 1.00 bits per heavy atom. The van der Waals surface area contributed by atoms with Gasteiger partial charge >= 0.3 is 0 Å². The lowest BCUT2D eigenvalue weighted by atomic mass is 10.1. The van der Waals surface area contributed by atoms with E-state index in [-0.39, 0.29) is 10.6 Å².